The lowest BCUT2D eigenvalue weighted by Crippen LogP contribution is -2.03. The van der Waals surface area contributed by atoms with E-state index < -0.39 is 0 Å². The Labute approximate surface area is 180 Å². The standard InChI is InChI=1S/C30H18O/c31-29-12-9-20-14-23-15-21-13-19-8-7-18-5-3-1-2-4-6-24(18)27(19)16-22(21)17-28(23)25-10-11-26(29)30(20)25/h1-9,11-17H,10H2. The first-order valence-electron chi connectivity index (χ1n) is 10.7. The van der Waals surface area contributed by atoms with E-state index in [2.05, 4.69) is 85.0 Å². The second kappa shape index (κ2) is 6.02. The molecule has 0 spiro atoms. The molecule has 4 aromatic rings. The monoisotopic (exact) mass is 394 g/mol. The van der Waals surface area contributed by atoms with Crippen LogP contribution in [0, 0.1) is 0 Å². The van der Waals surface area contributed by atoms with E-state index in [1.165, 1.54) is 49.0 Å². The van der Waals surface area contributed by atoms with Gasteiger partial charge in [0.1, 0.15) is 0 Å². The second-order valence-corrected chi connectivity index (χ2v) is 8.50. The highest BCUT2D eigenvalue weighted by Crippen LogP contribution is 2.41. The molecule has 0 radical (unpaired) electrons. The van der Waals surface area contributed by atoms with E-state index in [0.29, 0.717) is 0 Å². The van der Waals surface area contributed by atoms with Gasteiger partial charge in [0.25, 0.3) is 0 Å². The summed E-state index contributed by atoms with van der Waals surface area (Å²) in [5.41, 5.74) is 6.97. The third-order valence-corrected chi connectivity index (χ3v) is 6.78. The minimum atomic E-state index is 0.130. The van der Waals surface area contributed by atoms with Gasteiger partial charge >= 0.3 is 0 Å². The van der Waals surface area contributed by atoms with E-state index in [0.717, 1.165) is 23.1 Å². The van der Waals surface area contributed by atoms with Crippen molar-refractivity contribution in [1.82, 2.24) is 0 Å². The van der Waals surface area contributed by atoms with Crippen LogP contribution in [-0.4, -0.2) is 5.78 Å². The van der Waals surface area contributed by atoms with Crippen LogP contribution < -0.4 is 0 Å². The van der Waals surface area contributed by atoms with Gasteiger partial charge in [-0.15, -0.1) is 0 Å². The summed E-state index contributed by atoms with van der Waals surface area (Å²) >= 11 is 0. The molecule has 0 aliphatic heterocycles. The van der Waals surface area contributed by atoms with Gasteiger partial charge in [0.15, 0.2) is 5.78 Å². The number of allylic oxidation sites excluding steroid dienone is 7. The Balaban J connectivity index is 1.55. The van der Waals surface area contributed by atoms with E-state index in [1.807, 2.05) is 6.08 Å². The third-order valence-electron chi connectivity index (χ3n) is 6.78. The smallest absolute Gasteiger partial charge is 0.186 e. The number of hydrogen-bond acceptors (Lipinski definition) is 1. The minimum Gasteiger partial charge on any atom is -0.289 e. The fourth-order valence-electron chi connectivity index (χ4n) is 5.33. The van der Waals surface area contributed by atoms with E-state index in [-0.39, 0.29) is 5.78 Å². The summed E-state index contributed by atoms with van der Waals surface area (Å²) < 4.78 is 0. The molecule has 1 heteroatoms. The molecule has 7 rings (SSSR count). The molecule has 0 bridgehead atoms. The molecule has 0 N–H and O–H groups in total. The molecule has 3 aliphatic rings. The van der Waals surface area contributed by atoms with E-state index in [1.54, 1.807) is 6.08 Å². The van der Waals surface area contributed by atoms with Gasteiger partial charge in [-0.3, -0.25) is 4.79 Å². The largest absolute Gasteiger partial charge is 0.289 e. The molecule has 1 nitrogen and oxygen atoms in total. The highest BCUT2D eigenvalue weighted by Gasteiger charge is 2.26. The van der Waals surface area contributed by atoms with Crippen LogP contribution in [-0.2, 0) is 11.2 Å². The zero-order valence-corrected chi connectivity index (χ0v) is 16.9. The lowest BCUT2D eigenvalue weighted by molar-refractivity contribution is -0.109. The normalized spacial score (nSPS) is 16.0. The molecule has 0 heterocycles. The lowest BCUT2D eigenvalue weighted by atomic mass is 9.87. The van der Waals surface area contributed by atoms with Crippen molar-refractivity contribution in [1.29, 1.82) is 0 Å². The topological polar surface area (TPSA) is 17.1 Å². The number of ketones is 1. The third kappa shape index (κ3) is 2.35. The minimum absolute atomic E-state index is 0.130. The van der Waals surface area contributed by atoms with Gasteiger partial charge < -0.3 is 0 Å². The number of fused-ring (bicyclic) bond motifs is 6. The van der Waals surface area contributed by atoms with Crippen molar-refractivity contribution < 1.29 is 4.79 Å². The van der Waals surface area contributed by atoms with Gasteiger partial charge in [-0.1, -0.05) is 60.7 Å². The van der Waals surface area contributed by atoms with E-state index >= 15 is 0 Å². The van der Waals surface area contributed by atoms with Crippen molar-refractivity contribution in [3.63, 3.8) is 0 Å². The van der Waals surface area contributed by atoms with Crippen LogP contribution in [0.5, 0.6) is 0 Å². The first kappa shape index (κ1) is 16.8. The van der Waals surface area contributed by atoms with Gasteiger partial charge in [0.05, 0.1) is 0 Å². The van der Waals surface area contributed by atoms with Crippen molar-refractivity contribution in [2.75, 3.05) is 0 Å². The number of hydrogen-bond donors (Lipinski definition) is 0. The van der Waals surface area contributed by atoms with Crippen LogP contribution >= 0.6 is 0 Å². The SMILES string of the molecule is O=C1C=Cc2cc3cc4cc5ccc6c(c5cc4cc3c3c2C1=CC3)C=CC=CC=C6. The first-order valence-corrected chi connectivity index (χ1v) is 10.7. The Morgan fingerprint density at radius 1 is 0.613 bits per heavy atom. The predicted molar refractivity (Wildman–Crippen MR) is 132 cm³/mol. The molecule has 0 amide bonds. The Bertz CT molecular complexity index is 1650. The molecule has 0 saturated heterocycles. The summed E-state index contributed by atoms with van der Waals surface area (Å²) in [4.78, 5) is 12.3. The summed E-state index contributed by atoms with van der Waals surface area (Å²) in [6.07, 6.45) is 19.3. The van der Waals surface area contributed by atoms with Crippen LogP contribution in [0.15, 0.2) is 78.9 Å². The van der Waals surface area contributed by atoms with Crippen LogP contribution in [0.4, 0.5) is 0 Å². The van der Waals surface area contributed by atoms with Crippen molar-refractivity contribution in [3.05, 3.63) is 107 Å². The zero-order chi connectivity index (χ0) is 20.5. The van der Waals surface area contributed by atoms with Crippen molar-refractivity contribution in [2.24, 2.45) is 0 Å². The van der Waals surface area contributed by atoms with Gasteiger partial charge in [-0.05, 0) is 103 Å². The molecular weight excluding hydrogens is 376 g/mol. The average molecular weight is 394 g/mol. The maximum atomic E-state index is 12.3. The molecule has 0 unspecified atom stereocenters. The lowest BCUT2D eigenvalue weighted by Gasteiger charge is -2.16. The molecule has 0 atom stereocenters. The van der Waals surface area contributed by atoms with Crippen LogP contribution in [0.2, 0.25) is 0 Å². The Hall–Kier alpha value is -3.97. The summed E-state index contributed by atoms with van der Waals surface area (Å²) in [5, 5.41) is 7.52. The number of rotatable bonds is 0. The number of benzene rings is 4. The summed E-state index contributed by atoms with van der Waals surface area (Å²) in [5.74, 6) is 0.130. The highest BCUT2D eigenvalue weighted by atomic mass is 16.1. The van der Waals surface area contributed by atoms with E-state index in [9.17, 15) is 4.79 Å². The van der Waals surface area contributed by atoms with Crippen LogP contribution in [0.25, 0.3) is 56.1 Å². The van der Waals surface area contributed by atoms with Crippen LogP contribution in [0.1, 0.15) is 27.8 Å². The predicted octanol–water partition coefficient (Wildman–Crippen LogP) is 7.28. The Morgan fingerprint density at radius 2 is 1.42 bits per heavy atom. The summed E-state index contributed by atoms with van der Waals surface area (Å²) in [6, 6.07) is 15.9. The number of carbonyl (C=O) groups excluding carboxylic acids is 1. The maximum Gasteiger partial charge on any atom is 0.186 e. The van der Waals surface area contributed by atoms with Crippen molar-refractivity contribution in [3.8, 4) is 0 Å². The summed E-state index contributed by atoms with van der Waals surface area (Å²) in [7, 11) is 0. The molecule has 4 aromatic carbocycles. The summed E-state index contributed by atoms with van der Waals surface area (Å²) in [6.45, 7) is 0. The first-order chi connectivity index (χ1) is 15.3. The number of carbonyl (C=O) groups is 1. The Kier molecular flexibility index (Phi) is 3.26. The molecule has 3 aliphatic carbocycles. The molecule has 144 valence electrons. The average Bonchev–Trinajstić information content (AvgIpc) is 3.21. The van der Waals surface area contributed by atoms with Crippen molar-refractivity contribution in [2.45, 2.75) is 6.42 Å². The van der Waals surface area contributed by atoms with Gasteiger partial charge in [0, 0.05) is 5.57 Å². The maximum absolute atomic E-state index is 12.3. The highest BCUT2D eigenvalue weighted by molar-refractivity contribution is 6.32. The van der Waals surface area contributed by atoms with Gasteiger partial charge in [-0.2, -0.15) is 0 Å². The molecule has 31 heavy (non-hydrogen) atoms. The van der Waals surface area contributed by atoms with Crippen LogP contribution in [0.3, 0.4) is 0 Å². The zero-order valence-electron chi connectivity index (χ0n) is 16.9. The van der Waals surface area contributed by atoms with E-state index in [4.69, 9.17) is 0 Å². The fourth-order valence-corrected chi connectivity index (χ4v) is 5.33. The fraction of sp³-hybridized carbons (Fsp3) is 0.0333. The van der Waals surface area contributed by atoms with Gasteiger partial charge in [0.2, 0.25) is 0 Å². The molecule has 0 saturated carbocycles. The molecule has 0 fully saturated rings. The second-order valence-electron chi connectivity index (χ2n) is 8.50. The van der Waals surface area contributed by atoms with Crippen molar-refractivity contribution >= 4 is 61.9 Å². The Morgan fingerprint density at radius 3 is 2.35 bits per heavy atom. The molecule has 0 aromatic heterocycles. The van der Waals surface area contributed by atoms with Gasteiger partial charge in [-0.25, -0.2) is 0 Å². The quantitative estimate of drug-likeness (QED) is 0.286. The molecular formula is C30H18O.